The van der Waals surface area contributed by atoms with Crippen LogP contribution in [0.25, 0.3) is 16.6 Å². The third kappa shape index (κ3) is 5.22. The Morgan fingerprint density at radius 2 is 1.86 bits per heavy atom. The average molecular weight is 492 g/mol. The molecule has 0 atom stereocenters. The number of halogens is 1. The zero-order valence-corrected chi connectivity index (χ0v) is 20.9. The van der Waals surface area contributed by atoms with E-state index in [9.17, 15) is 14.0 Å². The molecule has 180 valence electrons. The zero-order valence-electron chi connectivity index (χ0n) is 20.0. The second-order valence-corrected chi connectivity index (χ2v) is 9.27. The number of aryl methyl sites for hydroxylation is 2. The van der Waals surface area contributed by atoms with Gasteiger partial charge in [0, 0.05) is 13.6 Å². The number of aromatic nitrogens is 2. The zero-order chi connectivity index (χ0) is 25.1. The van der Waals surface area contributed by atoms with Crippen molar-refractivity contribution in [2.45, 2.75) is 25.5 Å². The maximum atomic E-state index is 14.0. The van der Waals surface area contributed by atoms with Crippen LogP contribution < -0.4 is 10.3 Å². The minimum atomic E-state index is -0.474. The molecule has 3 aromatic carbocycles. The van der Waals surface area contributed by atoms with Crippen molar-refractivity contribution >= 4 is 28.6 Å². The lowest BCUT2D eigenvalue weighted by Crippen LogP contribution is -2.28. The highest BCUT2D eigenvalue weighted by atomic mass is 32.2. The molecule has 6 nitrogen and oxygen atoms in total. The van der Waals surface area contributed by atoms with Crippen LogP contribution in [-0.2, 0) is 11.3 Å². The van der Waals surface area contributed by atoms with Gasteiger partial charge in [-0.25, -0.2) is 9.37 Å². The van der Waals surface area contributed by atoms with Gasteiger partial charge in [-0.2, -0.15) is 0 Å². The first-order valence-electron chi connectivity index (χ1n) is 11.1. The Balaban J connectivity index is 1.60. The quantitative estimate of drug-likeness (QED) is 0.272. The first kappa shape index (κ1) is 24.5. The molecule has 0 unspecified atom stereocenters. The molecule has 0 fully saturated rings. The predicted octanol–water partition coefficient (Wildman–Crippen LogP) is 4.90. The molecule has 0 N–H and O–H groups in total. The number of hydrogen-bond donors (Lipinski definition) is 0. The fourth-order valence-corrected chi connectivity index (χ4v) is 4.66. The Bertz CT molecular complexity index is 1470. The lowest BCUT2D eigenvalue weighted by atomic mass is 10.1. The maximum Gasteiger partial charge on any atom is 0.266 e. The molecule has 0 saturated heterocycles. The van der Waals surface area contributed by atoms with Gasteiger partial charge in [-0.1, -0.05) is 36.0 Å². The van der Waals surface area contributed by atoms with E-state index >= 15 is 0 Å². The number of rotatable bonds is 7. The van der Waals surface area contributed by atoms with Gasteiger partial charge in [0.15, 0.2) is 16.7 Å². The number of methoxy groups -OCH3 is 1. The van der Waals surface area contributed by atoms with E-state index in [1.54, 1.807) is 35.9 Å². The normalized spacial score (nSPS) is 11.0. The molecule has 1 aromatic heterocycles. The highest BCUT2D eigenvalue weighted by molar-refractivity contribution is 7.99. The van der Waals surface area contributed by atoms with Crippen molar-refractivity contribution in [3.63, 3.8) is 0 Å². The van der Waals surface area contributed by atoms with Crippen molar-refractivity contribution < 1.29 is 13.9 Å². The molecule has 4 rings (SSSR count). The Morgan fingerprint density at radius 1 is 1.09 bits per heavy atom. The van der Waals surface area contributed by atoms with E-state index in [0.29, 0.717) is 27.3 Å². The van der Waals surface area contributed by atoms with Gasteiger partial charge in [-0.15, -0.1) is 0 Å². The molecular weight excluding hydrogens is 465 g/mol. The SMILES string of the molecule is COc1ccc(CN(C)C(=O)CSc2nc3ccccc3c(=O)n2-c2ccc(C)c(C)c2)cc1F. The summed E-state index contributed by atoms with van der Waals surface area (Å²) < 4.78 is 20.5. The van der Waals surface area contributed by atoms with Crippen LogP contribution in [0.4, 0.5) is 4.39 Å². The molecular formula is C27H26FN3O3S. The van der Waals surface area contributed by atoms with Crippen molar-refractivity contribution in [3.8, 4) is 11.4 Å². The molecule has 0 spiro atoms. The molecule has 0 aliphatic carbocycles. The van der Waals surface area contributed by atoms with Crippen molar-refractivity contribution in [2.24, 2.45) is 0 Å². The second kappa shape index (κ2) is 10.3. The number of ether oxygens (including phenoxy) is 1. The van der Waals surface area contributed by atoms with Gasteiger partial charge in [0.2, 0.25) is 5.91 Å². The molecule has 0 aliphatic rings. The van der Waals surface area contributed by atoms with Crippen molar-refractivity contribution in [1.29, 1.82) is 0 Å². The molecule has 8 heteroatoms. The second-order valence-electron chi connectivity index (χ2n) is 8.33. The van der Waals surface area contributed by atoms with Crippen molar-refractivity contribution in [3.05, 3.63) is 93.5 Å². The summed E-state index contributed by atoms with van der Waals surface area (Å²) in [4.78, 5) is 32.5. The van der Waals surface area contributed by atoms with Gasteiger partial charge in [-0.3, -0.25) is 14.2 Å². The summed E-state index contributed by atoms with van der Waals surface area (Å²) in [5.74, 6) is -0.409. The largest absolute Gasteiger partial charge is 0.494 e. The van der Waals surface area contributed by atoms with E-state index in [2.05, 4.69) is 0 Å². The van der Waals surface area contributed by atoms with E-state index in [1.165, 1.54) is 29.8 Å². The number of fused-ring (bicyclic) bond motifs is 1. The molecule has 0 saturated carbocycles. The summed E-state index contributed by atoms with van der Waals surface area (Å²) in [6, 6.07) is 17.6. The monoisotopic (exact) mass is 491 g/mol. The Morgan fingerprint density at radius 3 is 2.57 bits per heavy atom. The molecule has 4 aromatic rings. The first-order chi connectivity index (χ1) is 16.8. The fourth-order valence-electron chi connectivity index (χ4n) is 3.71. The van der Waals surface area contributed by atoms with Gasteiger partial charge in [0.05, 0.1) is 29.5 Å². The third-order valence-corrected chi connectivity index (χ3v) is 6.80. The van der Waals surface area contributed by atoms with E-state index in [1.807, 2.05) is 44.2 Å². The van der Waals surface area contributed by atoms with Gasteiger partial charge >= 0.3 is 0 Å². The number of para-hydroxylation sites is 1. The minimum absolute atomic E-state index is 0.0742. The maximum absolute atomic E-state index is 14.0. The predicted molar refractivity (Wildman–Crippen MR) is 137 cm³/mol. The summed E-state index contributed by atoms with van der Waals surface area (Å²) >= 11 is 1.20. The number of amides is 1. The average Bonchev–Trinajstić information content (AvgIpc) is 2.84. The number of benzene rings is 3. The Hall–Kier alpha value is -3.65. The van der Waals surface area contributed by atoms with Gasteiger partial charge in [0.25, 0.3) is 5.56 Å². The van der Waals surface area contributed by atoms with E-state index in [0.717, 1.165) is 11.1 Å². The summed E-state index contributed by atoms with van der Waals surface area (Å²) in [6.07, 6.45) is 0. The summed E-state index contributed by atoms with van der Waals surface area (Å²) in [5, 5.41) is 0.953. The van der Waals surface area contributed by atoms with Crippen molar-refractivity contribution in [1.82, 2.24) is 14.5 Å². The van der Waals surface area contributed by atoms with Crippen molar-refractivity contribution in [2.75, 3.05) is 19.9 Å². The third-order valence-electron chi connectivity index (χ3n) is 5.88. The lowest BCUT2D eigenvalue weighted by Gasteiger charge is -2.18. The van der Waals surface area contributed by atoms with Crippen LogP contribution in [0.3, 0.4) is 0 Å². The standard InChI is InChI=1S/C27H26FN3O3S/c1-17-9-11-20(13-18(17)2)31-26(33)21-7-5-6-8-23(21)29-27(31)35-16-25(32)30(3)15-19-10-12-24(34-4)22(28)14-19/h5-14H,15-16H2,1-4H3. The van der Waals surface area contributed by atoms with Crippen LogP contribution in [0.1, 0.15) is 16.7 Å². The van der Waals surface area contributed by atoms with Crippen LogP contribution in [0, 0.1) is 19.7 Å². The minimum Gasteiger partial charge on any atom is -0.494 e. The first-order valence-corrected chi connectivity index (χ1v) is 12.1. The van der Waals surface area contributed by atoms with Crippen LogP contribution >= 0.6 is 11.8 Å². The molecule has 35 heavy (non-hydrogen) atoms. The van der Waals surface area contributed by atoms with Gasteiger partial charge in [0.1, 0.15) is 0 Å². The highest BCUT2D eigenvalue weighted by Gasteiger charge is 2.17. The van der Waals surface area contributed by atoms with Gasteiger partial charge < -0.3 is 9.64 Å². The smallest absolute Gasteiger partial charge is 0.266 e. The summed E-state index contributed by atoms with van der Waals surface area (Å²) in [5.41, 5.74) is 3.93. The van der Waals surface area contributed by atoms with Crippen LogP contribution in [0.2, 0.25) is 0 Å². The number of carbonyl (C=O) groups is 1. The topological polar surface area (TPSA) is 64.4 Å². The fraction of sp³-hybridized carbons (Fsp3) is 0.222. The van der Waals surface area contributed by atoms with Crippen LogP contribution in [0.5, 0.6) is 5.75 Å². The van der Waals surface area contributed by atoms with E-state index in [-0.39, 0.29) is 29.5 Å². The lowest BCUT2D eigenvalue weighted by molar-refractivity contribution is -0.127. The van der Waals surface area contributed by atoms with Crippen LogP contribution in [0.15, 0.2) is 70.6 Å². The number of carbonyl (C=O) groups excluding carboxylic acids is 1. The van der Waals surface area contributed by atoms with E-state index < -0.39 is 5.82 Å². The Kier molecular flexibility index (Phi) is 7.21. The summed E-state index contributed by atoms with van der Waals surface area (Å²) in [6.45, 7) is 4.25. The number of hydrogen-bond acceptors (Lipinski definition) is 5. The Labute approximate surface area is 207 Å². The molecule has 0 bridgehead atoms. The van der Waals surface area contributed by atoms with E-state index in [4.69, 9.17) is 9.72 Å². The van der Waals surface area contributed by atoms with Gasteiger partial charge in [-0.05, 0) is 66.9 Å². The molecule has 0 aliphatic heterocycles. The van der Waals surface area contributed by atoms with Crippen LogP contribution in [-0.4, -0.2) is 40.3 Å². The number of nitrogens with zero attached hydrogens (tertiary/aromatic N) is 3. The molecule has 1 heterocycles. The summed E-state index contributed by atoms with van der Waals surface area (Å²) in [7, 11) is 3.07. The molecule has 0 radical (unpaired) electrons. The highest BCUT2D eigenvalue weighted by Crippen LogP contribution is 2.24. The number of thioether (sulfide) groups is 1. The molecule has 1 amide bonds.